The van der Waals surface area contributed by atoms with E-state index in [1.165, 1.54) is 15.6 Å². The first-order valence-corrected chi connectivity index (χ1v) is 7.29. The van der Waals surface area contributed by atoms with E-state index in [-0.39, 0.29) is 0 Å². The molecule has 5 aromatic rings. The van der Waals surface area contributed by atoms with E-state index in [4.69, 9.17) is 4.98 Å². The lowest BCUT2D eigenvalue weighted by Gasteiger charge is -2.02. The summed E-state index contributed by atoms with van der Waals surface area (Å²) in [5.74, 6) is 0.973. The van der Waals surface area contributed by atoms with Gasteiger partial charge in [-0.15, -0.1) is 3.79 Å². The lowest BCUT2D eigenvalue weighted by Crippen LogP contribution is -2.24. The second kappa shape index (κ2) is 3.55. The Hall–Kier alpha value is -2.46. The van der Waals surface area contributed by atoms with Gasteiger partial charge in [-0.25, -0.2) is 0 Å². The van der Waals surface area contributed by atoms with Crippen LogP contribution in [0.3, 0.4) is 0 Å². The second-order valence-electron chi connectivity index (χ2n) is 4.86. The predicted octanol–water partition coefficient (Wildman–Crippen LogP) is 3.44. The van der Waals surface area contributed by atoms with Crippen LogP contribution in [0.1, 0.15) is 0 Å². The summed E-state index contributed by atoms with van der Waals surface area (Å²) in [6.45, 7) is 0. The summed E-state index contributed by atoms with van der Waals surface area (Å²) in [5.41, 5.74) is 3.43. The van der Waals surface area contributed by atoms with E-state index in [2.05, 4.69) is 62.9 Å². The van der Waals surface area contributed by atoms with Crippen molar-refractivity contribution < 1.29 is 4.40 Å². The molecule has 0 bridgehead atoms. The number of para-hydroxylation sites is 3. The van der Waals surface area contributed by atoms with Gasteiger partial charge in [0.2, 0.25) is 0 Å². The van der Waals surface area contributed by atoms with Gasteiger partial charge >= 0.3 is 5.78 Å². The van der Waals surface area contributed by atoms with Crippen molar-refractivity contribution in [2.24, 2.45) is 0 Å². The fraction of sp³-hybridized carbons (Fsp3) is 0. The predicted molar refractivity (Wildman–Crippen MR) is 81.2 cm³/mol. The van der Waals surface area contributed by atoms with Gasteiger partial charge in [0.05, 0.1) is 10.9 Å². The van der Waals surface area contributed by atoms with Crippen molar-refractivity contribution in [1.29, 1.82) is 0 Å². The molecule has 3 heterocycles. The molecule has 0 radical (unpaired) electrons. The number of pyridine rings is 1. The standard InChI is InChI=1S/C16H10N3S/c1-2-8-13-12(7-1)17-16-18-10-4-6-11-5-3-9-14(15(11)18)20-19(13)16/h1-10H/q+1. The van der Waals surface area contributed by atoms with E-state index < -0.39 is 0 Å². The number of rotatable bonds is 0. The molecular weight excluding hydrogens is 266 g/mol. The Morgan fingerprint density at radius 3 is 2.85 bits per heavy atom. The highest BCUT2D eigenvalue weighted by molar-refractivity contribution is 7.13. The van der Waals surface area contributed by atoms with Gasteiger partial charge in [-0.3, -0.25) is 0 Å². The average molecular weight is 276 g/mol. The highest BCUT2D eigenvalue weighted by Crippen LogP contribution is 2.25. The van der Waals surface area contributed by atoms with Crippen molar-refractivity contribution in [3.05, 3.63) is 60.8 Å². The zero-order valence-electron chi connectivity index (χ0n) is 10.5. The Labute approximate surface area is 118 Å². The van der Waals surface area contributed by atoms with Crippen molar-refractivity contribution in [2.75, 3.05) is 0 Å². The fourth-order valence-electron chi connectivity index (χ4n) is 2.81. The number of imidazole rings is 1. The molecule has 0 spiro atoms. The van der Waals surface area contributed by atoms with Crippen molar-refractivity contribution >= 4 is 43.9 Å². The molecule has 0 aliphatic rings. The molecule has 0 atom stereocenters. The first-order valence-electron chi connectivity index (χ1n) is 6.51. The minimum atomic E-state index is 0.973. The topological polar surface area (TPSA) is 21.4 Å². The number of aromatic nitrogens is 3. The van der Waals surface area contributed by atoms with Gasteiger partial charge in [-0.05, 0) is 30.3 Å². The van der Waals surface area contributed by atoms with Gasteiger partial charge in [0.15, 0.2) is 11.0 Å². The molecule has 0 aliphatic heterocycles. The summed E-state index contributed by atoms with van der Waals surface area (Å²) >= 11 is 1.74. The van der Waals surface area contributed by atoms with Crippen LogP contribution in [0.4, 0.5) is 0 Å². The molecule has 20 heavy (non-hydrogen) atoms. The molecule has 0 saturated carbocycles. The van der Waals surface area contributed by atoms with E-state index >= 15 is 0 Å². The Kier molecular flexibility index (Phi) is 1.84. The second-order valence-corrected chi connectivity index (χ2v) is 5.85. The summed E-state index contributed by atoms with van der Waals surface area (Å²) in [7, 11) is 0. The molecule has 0 unspecified atom stereocenters. The molecule has 4 heteroatoms. The number of benzene rings is 2. The third kappa shape index (κ3) is 1.19. The van der Waals surface area contributed by atoms with Crippen molar-refractivity contribution in [3.8, 4) is 0 Å². The molecule has 0 amide bonds. The maximum atomic E-state index is 4.78. The highest BCUT2D eigenvalue weighted by atomic mass is 32.1. The summed E-state index contributed by atoms with van der Waals surface area (Å²) in [5, 5.41) is 1.25. The third-order valence-electron chi connectivity index (χ3n) is 3.69. The van der Waals surface area contributed by atoms with E-state index in [0.717, 1.165) is 16.8 Å². The quantitative estimate of drug-likeness (QED) is 0.397. The van der Waals surface area contributed by atoms with Crippen LogP contribution in [0.2, 0.25) is 0 Å². The Bertz CT molecular complexity index is 1100. The fourth-order valence-corrected chi connectivity index (χ4v) is 3.91. The monoisotopic (exact) mass is 276 g/mol. The number of hydrogen-bond donors (Lipinski definition) is 0. The Balaban J connectivity index is 2.20. The van der Waals surface area contributed by atoms with Crippen LogP contribution in [-0.2, 0) is 0 Å². The van der Waals surface area contributed by atoms with Gasteiger partial charge < -0.3 is 0 Å². The van der Waals surface area contributed by atoms with Crippen LogP contribution < -0.4 is 4.40 Å². The minimum absolute atomic E-state index is 0.973. The first kappa shape index (κ1) is 10.3. The van der Waals surface area contributed by atoms with Gasteiger partial charge in [-0.2, -0.15) is 4.40 Å². The van der Waals surface area contributed by atoms with E-state index in [1.54, 1.807) is 11.5 Å². The van der Waals surface area contributed by atoms with Crippen LogP contribution in [0.5, 0.6) is 0 Å². The number of hydrogen-bond acceptors (Lipinski definition) is 2. The highest BCUT2D eigenvalue weighted by Gasteiger charge is 2.19. The van der Waals surface area contributed by atoms with Gasteiger partial charge in [0, 0.05) is 16.9 Å². The van der Waals surface area contributed by atoms with E-state index in [9.17, 15) is 0 Å². The number of nitrogens with zero attached hydrogens (tertiary/aromatic N) is 3. The molecular formula is C16H10N3S+. The summed E-state index contributed by atoms with van der Waals surface area (Å²) in [6, 6.07) is 18.9. The lowest BCUT2D eigenvalue weighted by atomic mass is 10.2. The molecule has 0 fully saturated rings. The maximum Gasteiger partial charge on any atom is 0.420 e. The Morgan fingerprint density at radius 1 is 0.950 bits per heavy atom. The van der Waals surface area contributed by atoms with Crippen molar-refractivity contribution in [1.82, 2.24) is 8.77 Å². The molecule has 0 saturated heterocycles. The van der Waals surface area contributed by atoms with Gasteiger partial charge in [0.1, 0.15) is 5.52 Å². The lowest BCUT2D eigenvalue weighted by molar-refractivity contribution is -0.485. The summed E-state index contributed by atoms with van der Waals surface area (Å²) < 4.78 is 5.65. The normalized spacial score (nSPS) is 12.0. The molecule has 0 aliphatic carbocycles. The van der Waals surface area contributed by atoms with Gasteiger partial charge in [0.25, 0.3) is 0 Å². The smallest absolute Gasteiger partial charge is 0.199 e. The third-order valence-corrected chi connectivity index (χ3v) is 4.76. The van der Waals surface area contributed by atoms with Crippen LogP contribution in [0, 0.1) is 0 Å². The number of fused-ring (bicyclic) bond motifs is 4. The van der Waals surface area contributed by atoms with E-state index in [0.29, 0.717) is 0 Å². The zero-order valence-corrected chi connectivity index (χ0v) is 11.3. The van der Waals surface area contributed by atoms with Crippen LogP contribution in [0.15, 0.2) is 60.8 Å². The zero-order chi connectivity index (χ0) is 13.1. The van der Waals surface area contributed by atoms with Crippen LogP contribution >= 0.6 is 11.5 Å². The maximum absolute atomic E-state index is 4.78. The van der Waals surface area contributed by atoms with Crippen LogP contribution in [0.25, 0.3) is 32.4 Å². The van der Waals surface area contributed by atoms with Crippen molar-refractivity contribution in [2.45, 2.75) is 0 Å². The van der Waals surface area contributed by atoms with E-state index in [1.807, 2.05) is 6.07 Å². The minimum Gasteiger partial charge on any atom is -0.199 e. The summed E-state index contributed by atoms with van der Waals surface area (Å²) in [6.07, 6.45) is 2.09. The summed E-state index contributed by atoms with van der Waals surface area (Å²) in [4.78, 5) is 4.78. The molecule has 94 valence electrons. The molecule has 0 N–H and O–H groups in total. The molecule has 5 rings (SSSR count). The SMILES string of the molecule is c1ccc2c(c1)nc1n2sc2cccc3ccc[n+]1c32. The Morgan fingerprint density at radius 2 is 1.85 bits per heavy atom. The van der Waals surface area contributed by atoms with Crippen LogP contribution in [-0.4, -0.2) is 8.77 Å². The average Bonchev–Trinajstić information content (AvgIpc) is 2.87. The first-order chi connectivity index (χ1) is 9.92. The molecule has 3 aromatic heterocycles. The molecule has 3 nitrogen and oxygen atoms in total. The van der Waals surface area contributed by atoms with Crippen molar-refractivity contribution in [3.63, 3.8) is 0 Å². The largest absolute Gasteiger partial charge is 0.420 e. The van der Waals surface area contributed by atoms with Gasteiger partial charge in [-0.1, -0.05) is 29.2 Å². The molecule has 2 aromatic carbocycles.